The smallest absolute Gasteiger partial charge is 0.276 e. The molecule has 1 aromatic carbocycles. The summed E-state index contributed by atoms with van der Waals surface area (Å²) in [5, 5.41) is 11.8. The summed E-state index contributed by atoms with van der Waals surface area (Å²) in [5.74, 6) is 0.489. The molecule has 5 nitrogen and oxygen atoms in total. The van der Waals surface area contributed by atoms with E-state index in [0.717, 1.165) is 22.7 Å². The number of ether oxygens (including phenoxy) is 1. The van der Waals surface area contributed by atoms with Gasteiger partial charge >= 0.3 is 0 Å². The minimum Gasteiger partial charge on any atom is -0.494 e. The number of amides is 1. The normalized spacial score (nSPS) is 10.5. The van der Waals surface area contributed by atoms with Crippen LogP contribution in [-0.2, 0) is 0 Å². The third-order valence-corrected chi connectivity index (χ3v) is 4.07. The van der Waals surface area contributed by atoms with E-state index in [1.807, 2.05) is 42.6 Å². The predicted molar refractivity (Wildman–Crippen MR) is 92.1 cm³/mol. The molecule has 0 aliphatic rings. The number of hydrogen-bond acceptors (Lipinski definition) is 4. The highest BCUT2D eigenvalue weighted by Gasteiger charge is 2.12. The molecule has 23 heavy (non-hydrogen) atoms. The van der Waals surface area contributed by atoms with Crippen LogP contribution >= 0.6 is 11.3 Å². The number of carbonyl (C=O) groups is 1. The highest BCUT2D eigenvalue weighted by atomic mass is 32.1. The maximum absolute atomic E-state index is 12.3. The fraction of sp³-hybridized carbons (Fsp3) is 0.176. The van der Waals surface area contributed by atoms with Crippen molar-refractivity contribution in [2.45, 2.75) is 13.3 Å². The molecule has 0 atom stereocenters. The summed E-state index contributed by atoms with van der Waals surface area (Å²) < 4.78 is 5.56. The molecule has 0 spiro atoms. The van der Waals surface area contributed by atoms with Gasteiger partial charge in [0.15, 0.2) is 5.69 Å². The van der Waals surface area contributed by atoms with Crippen molar-refractivity contribution in [1.82, 2.24) is 10.2 Å². The van der Waals surface area contributed by atoms with Gasteiger partial charge < -0.3 is 10.1 Å². The van der Waals surface area contributed by atoms with Crippen molar-refractivity contribution in [3.05, 3.63) is 53.5 Å². The van der Waals surface area contributed by atoms with Gasteiger partial charge in [-0.25, -0.2) is 0 Å². The Morgan fingerprint density at radius 3 is 3.00 bits per heavy atom. The minimum atomic E-state index is -0.253. The molecule has 118 valence electrons. The second-order valence-electron chi connectivity index (χ2n) is 4.97. The van der Waals surface area contributed by atoms with Crippen molar-refractivity contribution in [2.75, 3.05) is 11.9 Å². The molecular formula is C17H17N3O2S. The second kappa shape index (κ2) is 7.11. The first-order valence-corrected chi connectivity index (χ1v) is 8.27. The SMILES string of the molecule is CCCOc1cccc(NC(=O)c2cc(-c3cccs3)[nH]n2)c1. The molecule has 3 rings (SSSR count). The van der Waals surface area contributed by atoms with Crippen LogP contribution in [0.1, 0.15) is 23.8 Å². The third-order valence-electron chi connectivity index (χ3n) is 3.16. The second-order valence-corrected chi connectivity index (χ2v) is 5.92. The molecule has 1 amide bonds. The summed E-state index contributed by atoms with van der Waals surface area (Å²) in [6.45, 7) is 2.70. The lowest BCUT2D eigenvalue weighted by Crippen LogP contribution is -2.12. The fourth-order valence-corrected chi connectivity index (χ4v) is 2.77. The molecule has 6 heteroatoms. The first-order valence-electron chi connectivity index (χ1n) is 7.40. The molecule has 0 bridgehead atoms. The van der Waals surface area contributed by atoms with Gasteiger partial charge in [0.2, 0.25) is 0 Å². The van der Waals surface area contributed by atoms with Crippen LogP contribution in [0, 0.1) is 0 Å². The van der Waals surface area contributed by atoms with Gasteiger partial charge in [0.05, 0.1) is 17.2 Å². The number of aromatic amines is 1. The van der Waals surface area contributed by atoms with E-state index in [4.69, 9.17) is 4.74 Å². The van der Waals surface area contributed by atoms with Crippen LogP contribution in [0.4, 0.5) is 5.69 Å². The minimum absolute atomic E-state index is 0.253. The van der Waals surface area contributed by atoms with E-state index in [2.05, 4.69) is 15.5 Å². The van der Waals surface area contributed by atoms with E-state index in [0.29, 0.717) is 18.0 Å². The standard InChI is InChI=1S/C17H17N3O2S/c1-2-8-22-13-6-3-5-12(10-13)18-17(21)15-11-14(19-20-15)16-7-4-9-23-16/h3-7,9-11H,2,8H2,1H3,(H,18,21)(H,19,20). The van der Waals surface area contributed by atoms with Gasteiger partial charge in [0.25, 0.3) is 5.91 Å². The molecule has 0 unspecified atom stereocenters. The molecule has 0 saturated heterocycles. The summed E-state index contributed by atoms with van der Waals surface area (Å²) in [4.78, 5) is 13.3. The van der Waals surface area contributed by atoms with E-state index in [9.17, 15) is 4.79 Å². The summed E-state index contributed by atoms with van der Waals surface area (Å²) in [6.07, 6.45) is 0.940. The Labute approximate surface area is 138 Å². The van der Waals surface area contributed by atoms with Crippen molar-refractivity contribution >= 4 is 22.9 Å². The first-order chi connectivity index (χ1) is 11.3. The van der Waals surface area contributed by atoms with Gasteiger partial charge in [-0.3, -0.25) is 9.89 Å². The Morgan fingerprint density at radius 2 is 2.22 bits per heavy atom. The zero-order chi connectivity index (χ0) is 16.1. The zero-order valence-corrected chi connectivity index (χ0v) is 13.5. The monoisotopic (exact) mass is 327 g/mol. The summed E-state index contributed by atoms with van der Waals surface area (Å²) >= 11 is 1.60. The maximum Gasteiger partial charge on any atom is 0.276 e. The van der Waals surface area contributed by atoms with Crippen molar-refractivity contribution in [3.63, 3.8) is 0 Å². The molecule has 0 aliphatic carbocycles. The number of carbonyl (C=O) groups excluding carboxylic acids is 1. The summed E-state index contributed by atoms with van der Waals surface area (Å²) in [5.41, 5.74) is 1.88. The highest BCUT2D eigenvalue weighted by molar-refractivity contribution is 7.13. The van der Waals surface area contributed by atoms with E-state index in [-0.39, 0.29) is 5.91 Å². The molecule has 0 fully saturated rings. The van der Waals surface area contributed by atoms with Crippen LogP contribution in [0.15, 0.2) is 47.8 Å². The van der Waals surface area contributed by atoms with Gasteiger partial charge in [-0.2, -0.15) is 5.10 Å². The first kappa shape index (κ1) is 15.3. The van der Waals surface area contributed by atoms with Gasteiger partial charge in [-0.15, -0.1) is 11.3 Å². The fourth-order valence-electron chi connectivity index (χ4n) is 2.07. The third kappa shape index (κ3) is 3.78. The van der Waals surface area contributed by atoms with E-state index in [1.165, 1.54) is 0 Å². The Bertz CT molecular complexity index is 781. The van der Waals surface area contributed by atoms with Crippen LogP contribution in [-0.4, -0.2) is 22.7 Å². The average Bonchev–Trinajstić information content (AvgIpc) is 3.24. The zero-order valence-electron chi connectivity index (χ0n) is 12.7. The summed E-state index contributed by atoms with van der Waals surface area (Å²) in [7, 11) is 0. The lowest BCUT2D eigenvalue weighted by atomic mass is 10.2. The molecule has 2 aromatic heterocycles. The molecular weight excluding hydrogens is 310 g/mol. The topological polar surface area (TPSA) is 67.0 Å². The molecule has 2 N–H and O–H groups in total. The Balaban J connectivity index is 1.69. The van der Waals surface area contributed by atoms with E-state index >= 15 is 0 Å². The van der Waals surface area contributed by atoms with Crippen molar-refractivity contribution in [3.8, 4) is 16.3 Å². The van der Waals surface area contributed by atoms with Crippen LogP contribution in [0.25, 0.3) is 10.6 Å². The van der Waals surface area contributed by atoms with Crippen LogP contribution in [0.3, 0.4) is 0 Å². The number of rotatable bonds is 6. The lowest BCUT2D eigenvalue weighted by Gasteiger charge is -2.07. The summed E-state index contributed by atoms with van der Waals surface area (Å²) in [6, 6.07) is 13.0. The number of hydrogen-bond donors (Lipinski definition) is 2. The Hall–Kier alpha value is -2.60. The largest absolute Gasteiger partial charge is 0.494 e. The lowest BCUT2D eigenvalue weighted by molar-refractivity contribution is 0.102. The van der Waals surface area contributed by atoms with Crippen LogP contribution < -0.4 is 10.1 Å². The van der Waals surface area contributed by atoms with Crippen molar-refractivity contribution in [1.29, 1.82) is 0 Å². The van der Waals surface area contributed by atoms with E-state index in [1.54, 1.807) is 23.5 Å². The van der Waals surface area contributed by atoms with Gasteiger partial charge in [-0.1, -0.05) is 19.1 Å². The van der Waals surface area contributed by atoms with Gasteiger partial charge in [0.1, 0.15) is 5.75 Å². The quantitative estimate of drug-likeness (QED) is 0.714. The maximum atomic E-state index is 12.3. The number of nitrogens with one attached hydrogen (secondary N) is 2. The number of thiophene rings is 1. The molecule has 2 heterocycles. The average molecular weight is 327 g/mol. The molecule has 0 saturated carbocycles. The number of H-pyrrole nitrogens is 1. The highest BCUT2D eigenvalue weighted by Crippen LogP contribution is 2.23. The van der Waals surface area contributed by atoms with Gasteiger partial charge in [0, 0.05) is 11.8 Å². The number of benzene rings is 1. The van der Waals surface area contributed by atoms with Crippen LogP contribution in [0.5, 0.6) is 5.75 Å². The number of anilines is 1. The Morgan fingerprint density at radius 1 is 1.30 bits per heavy atom. The predicted octanol–water partition coefficient (Wildman–Crippen LogP) is 4.18. The number of aromatic nitrogens is 2. The Kier molecular flexibility index (Phi) is 4.73. The van der Waals surface area contributed by atoms with Gasteiger partial charge in [-0.05, 0) is 36.1 Å². The van der Waals surface area contributed by atoms with Crippen molar-refractivity contribution in [2.24, 2.45) is 0 Å². The molecule has 0 aliphatic heterocycles. The number of nitrogens with zero attached hydrogens (tertiary/aromatic N) is 1. The van der Waals surface area contributed by atoms with Crippen molar-refractivity contribution < 1.29 is 9.53 Å². The molecule has 3 aromatic rings. The molecule has 0 radical (unpaired) electrons. The van der Waals surface area contributed by atoms with E-state index < -0.39 is 0 Å². The van der Waals surface area contributed by atoms with Crippen LogP contribution in [0.2, 0.25) is 0 Å².